The van der Waals surface area contributed by atoms with Crippen LogP contribution < -0.4 is 5.59 Å². The van der Waals surface area contributed by atoms with Crippen molar-refractivity contribution < 1.29 is 18.8 Å². The molecule has 0 spiro atoms. The van der Waals surface area contributed by atoms with Gasteiger partial charge in [0.1, 0.15) is 0 Å². The van der Waals surface area contributed by atoms with Gasteiger partial charge in [0.15, 0.2) is 0 Å². The lowest BCUT2D eigenvalue weighted by molar-refractivity contribution is 0.00578. The number of rotatable bonds is 3. The van der Waals surface area contributed by atoms with Crippen LogP contribution in [0.15, 0.2) is 18.3 Å². The topological polar surface area (TPSA) is 57.7 Å². The molecule has 1 aliphatic heterocycles. The number of carbonyl (C=O) groups excluding carboxylic acids is 1. The fourth-order valence-corrected chi connectivity index (χ4v) is 1.94. The van der Waals surface area contributed by atoms with E-state index in [1.807, 2.05) is 27.7 Å². The molecule has 1 aromatic heterocycles. The Bertz CT molecular complexity index is 500. The van der Waals surface area contributed by atoms with Gasteiger partial charge in [-0.1, -0.05) is 0 Å². The highest BCUT2D eigenvalue weighted by Gasteiger charge is 2.53. The highest BCUT2D eigenvalue weighted by Crippen LogP contribution is 2.36. The van der Waals surface area contributed by atoms with Gasteiger partial charge in [0, 0.05) is 6.20 Å². The molecule has 0 aliphatic carbocycles. The largest absolute Gasteiger partial charge is 0.515 e. The molecule has 5 nitrogen and oxygen atoms in total. The van der Waals surface area contributed by atoms with Crippen molar-refractivity contribution in [1.82, 2.24) is 4.98 Å². The smallest absolute Gasteiger partial charge is 0.462 e. The average Bonchev–Trinajstić information content (AvgIpc) is 2.59. The molecule has 1 aromatic rings. The Balaban J connectivity index is 2.33. The van der Waals surface area contributed by atoms with Crippen molar-refractivity contribution in [2.75, 3.05) is 6.61 Å². The summed E-state index contributed by atoms with van der Waals surface area (Å²) in [5.41, 5.74) is -0.0974. The van der Waals surface area contributed by atoms with Crippen molar-refractivity contribution in [1.29, 1.82) is 0 Å². The van der Waals surface area contributed by atoms with Crippen LogP contribution in [0.2, 0.25) is 0 Å². The first-order valence-corrected chi connectivity index (χ1v) is 6.76. The van der Waals surface area contributed by atoms with Gasteiger partial charge in [-0.3, -0.25) is 4.98 Å². The van der Waals surface area contributed by atoms with Crippen molar-refractivity contribution >= 4 is 18.7 Å². The lowest BCUT2D eigenvalue weighted by atomic mass is 9.81. The molecule has 1 saturated heterocycles. The van der Waals surface area contributed by atoms with E-state index in [1.165, 1.54) is 0 Å². The molecule has 0 unspecified atom stereocenters. The Morgan fingerprint density at radius 2 is 1.90 bits per heavy atom. The summed E-state index contributed by atoms with van der Waals surface area (Å²) in [4.78, 5) is 16.2. The second-order valence-electron chi connectivity index (χ2n) is 5.74. The molecule has 20 heavy (non-hydrogen) atoms. The SMILES string of the molecule is CCOC(=O)c1cccnc1B1OC(C)(C)C(C)(C)O1. The molecule has 1 fully saturated rings. The monoisotopic (exact) mass is 277 g/mol. The molecule has 108 valence electrons. The van der Waals surface area contributed by atoms with Gasteiger partial charge in [0.25, 0.3) is 0 Å². The van der Waals surface area contributed by atoms with Crippen molar-refractivity contribution in [2.45, 2.75) is 45.8 Å². The predicted molar refractivity (Wildman–Crippen MR) is 75.9 cm³/mol. The van der Waals surface area contributed by atoms with Crippen LogP contribution in [0.1, 0.15) is 45.0 Å². The summed E-state index contributed by atoms with van der Waals surface area (Å²) in [5.74, 6) is -0.412. The molecular weight excluding hydrogens is 257 g/mol. The first kappa shape index (κ1) is 15.0. The van der Waals surface area contributed by atoms with Gasteiger partial charge < -0.3 is 14.0 Å². The number of ether oxygens (including phenoxy) is 1. The minimum absolute atomic E-state index is 0.316. The Kier molecular flexibility index (Phi) is 3.89. The quantitative estimate of drug-likeness (QED) is 0.620. The second-order valence-corrected chi connectivity index (χ2v) is 5.74. The summed E-state index contributed by atoms with van der Waals surface area (Å²) in [5, 5.41) is 0. The number of hydrogen-bond acceptors (Lipinski definition) is 5. The molecule has 0 atom stereocenters. The van der Waals surface area contributed by atoms with E-state index in [1.54, 1.807) is 25.3 Å². The van der Waals surface area contributed by atoms with E-state index in [2.05, 4.69) is 4.98 Å². The third-order valence-electron chi connectivity index (χ3n) is 3.81. The van der Waals surface area contributed by atoms with Crippen LogP contribution in [0.4, 0.5) is 0 Å². The summed E-state index contributed by atoms with van der Waals surface area (Å²) in [7, 11) is -0.666. The Morgan fingerprint density at radius 1 is 1.30 bits per heavy atom. The number of hydrogen-bond donors (Lipinski definition) is 0. The van der Waals surface area contributed by atoms with E-state index in [0.717, 1.165) is 0 Å². The maximum atomic E-state index is 12.0. The van der Waals surface area contributed by atoms with E-state index in [4.69, 9.17) is 14.0 Å². The third-order valence-corrected chi connectivity index (χ3v) is 3.81. The van der Waals surface area contributed by atoms with E-state index in [9.17, 15) is 4.79 Å². The molecule has 0 saturated carbocycles. The van der Waals surface area contributed by atoms with Crippen LogP contribution in [-0.4, -0.2) is 35.9 Å². The van der Waals surface area contributed by atoms with Crippen LogP contribution in [0.5, 0.6) is 0 Å². The zero-order valence-corrected chi connectivity index (χ0v) is 12.6. The Labute approximate surface area is 119 Å². The van der Waals surface area contributed by atoms with Gasteiger partial charge in [-0.2, -0.15) is 0 Å². The molecule has 0 N–H and O–H groups in total. The van der Waals surface area contributed by atoms with Gasteiger partial charge in [-0.15, -0.1) is 0 Å². The third kappa shape index (κ3) is 2.58. The molecule has 2 heterocycles. The minimum atomic E-state index is -0.666. The van der Waals surface area contributed by atoms with Crippen molar-refractivity contribution in [2.24, 2.45) is 0 Å². The van der Waals surface area contributed by atoms with Crippen molar-refractivity contribution in [3.05, 3.63) is 23.9 Å². The molecule has 0 bridgehead atoms. The van der Waals surface area contributed by atoms with E-state index in [0.29, 0.717) is 17.8 Å². The van der Waals surface area contributed by atoms with Crippen molar-refractivity contribution in [3.8, 4) is 0 Å². The zero-order chi connectivity index (χ0) is 15.0. The number of esters is 1. The Hall–Kier alpha value is -1.40. The fourth-order valence-electron chi connectivity index (χ4n) is 1.94. The molecule has 1 aliphatic rings. The lowest BCUT2D eigenvalue weighted by Gasteiger charge is -2.32. The number of carbonyl (C=O) groups is 1. The maximum absolute atomic E-state index is 12.0. The maximum Gasteiger partial charge on any atom is 0.515 e. The first-order chi connectivity index (χ1) is 9.28. The second kappa shape index (κ2) is 5.18. The van der Waals surface area contributed by atoms with Gasteiger partial charge in [-0.25, -0.2) is 4.79 Å². The van der Waals surface area contributed by atoms with Gasteiger partial charge in [-0.05, 0) is 46.8 Å². The number of pyridine rings is 1. The standard InChI is InChI=1S/C14H20BNO4/c1-6-18-12(17)10-8-7-9-16-11(10)15-19-13(2,3)14(4,5)20-15/h7-9H,6H2,1-5H3. The van der Waals surface area contributed by atoms with Gasteiger partial charge >= 0.3 is 13.1 Å². The number of aromatic nitrogens is 1. The molecule has 2 rings (SSSR count). The van der Waals surface area contributed by atoms with Crippen LogP contribution in [0, 0.1) is 0 Å². The predicted octanol–water partition coefficient (Wildman–Crippen LogP) is 1.56. The molecule has 0 aromatic carbocycles. The summed E-state index contributed by atoms with van der Waals surface area (Å²) >= 11 is 0. The average molecular weight is 277 g/mol. The molecule has 6 heteroatoms. The summed E-state index contributed by atoms with van der Waals surface area (Å²) in [6.45, 7) is 9.92. The summed E-state index contributed by atoms with van der Waals surface area (Å²) in [6, 6.07) is 3.37. The van der Waals surface area contributed by atoms with E-state index >= 15 is 0 Å². The van der Waals surface area contributed by atoms with Crippen molar-refractivity contribution in [3.63, 3.8) is 0 Å². The molecule has 0 amide bonds. The van der Waals surface area contributed by atoms with E-state index < -0.39 is 24.3 Å². The number of nitrogens with zero attached hydrogens (tertiary/aromatic N) is 1. The normalized spacial score (nSPS) is 19.9. The van der Waals surface area contributed by atoms with Crippen LogP contribution in [0.25, 0.3) is 0 Å². The Morgan fingerprint density at radius 3 is 2.45 bits per heavy atom. The van der Waals surface area contributed by atoms with Crippen LogP contribution in [0.3, 0.4) is 0 Å². The highest BCUT2D eigenvalue weighted by molar-refractivity contribution is 6.62. The van der Waals surface area contributed by atoms with Crippen LogP contribution in [-0.2, 0) is 14.0 Å². The van der Waals surface area contributed by atoms with Crippen LogP contribution >= 0.6 is 0 Å². The fraction of sp³-hybridized carbons (Fsp3) is 0.571. The highest BCUT2D eigenvalue weighted by atomic mass is 16.7. The molecular formula is C14H20BNO4. The first-order valence-electron chi connectivity index (χ1n) is 6.76. The zero-order valence-electron chi connectivity index (χ0n) is 12.6. The van der Waals surface area contributed by atoms with Gasteiger partial charge in [0.2, 0.25) is 0 Å². The summed E-state index contributed by atoms with van der Waals surface area (Å²) in [6.07, 6.45) is 1.61. The minimum Gasteiger partial charge on any atom is -0.462 e. The van der Waals surface area contributed by atoms with E-state index in [-0.39, 0.29) is 0 Å². The summed E-state index contributed by atoms with van der Waals surface area (Å²) < 4.78 is 16.9. The lowest BCUT2D eigenvalue weighted by Crippen LogP contribution is -2.41. The molecule has 0 radical (unpaired) electrons. The van der Waals surface area contributed by atoms with Gasteiger partial charge in [0.05, 0.1) is 29.0 Å².